The van der Waals surface area contributed by atoms with Crippen molar-refractivity contribution in [1.29, 1.82) is 0 Å². The molecule has 17 heavy (non-hydrogen) atoms. The number of nitrogens with two attached hydrogens (primary N) is 1. The molecule has 0 spiro atoms. The highest BCUT2D eigenvalue weighted by molar-refractivity contribution is 5.75. The standard InChI is InChI=1S/C12H21N3O2/c1-8-9(2)15(7-14-8)6-10(13)11(16)17-12(3,4)5/h7,10H,6,13H2,1-5H3. The molecule has 5 heteroatoms. The summed E-state index contributed by atoms with van der Waals surface area (Å²) in [5.74, 6) is -0.386. The highest BCUT2D eigenvalue weighted by Crippen LogP contribution is 2.10. The Labute approximate surface area is 102 Å². The summed E-state index contributed by atoms with van der Waals surface area (Å²) in [5, 5.41) is 0. The van der Waals surface area contributed by atoms with Gasteiger partial charge in [0, 0.05) is 12.2 Å². The van der Waals surface area contributed by atoms with Crippen LogP contribution < -0.4 is 5.73 Å². The lowest BCUT2D eigenvalue weighted by atomic mass is 10.2. The van der Waals surface area contributed by atoms with Crippen LogP contribution in [-0.2, 0) is 16.1 Å². The Morgan fingerprint density at radius 2 is 2.12 bits per heavy atom. The van der Waals surface area contributed by atoms with Gasteiger partial charge in [-0.25, -0.2) is 4.98 Å². The highest BCUT2D eigenvalue weighted by atomic mass is 16.6. The molecule has 0 aromatic carbocycles. The first-order chi connectivity index (χ1) is 7.70. The molecule has 1 heterocycles. The van der Waals surface area contributed by atoms with E-state index in [0.29, 0.717) is 6.54 Å². The van der Waals surface area contributed by atoms with Crippen LogP contribution in [0.1, 0.15) is 32.2 Å². The molecule has 0 fully saturated rings. The van der Waals surface area contributed by atoms with E-state index in [-0.39, 0.29) is 5.97 Å². The number of nitrogens with zero attached hydrogens (tertiary/aromatic N) is 2. The molecule has 0 bridgehead atoms. The molecule has 5 nitrogen and oxygen atoms in total. The fraction of sp³-hybridized carbons (Fsp3) is 0.667. The summed E-state index contributed by atoms with van der Waals surface area (Å²) < 4.78 is 7.09. The molecule has 1 atom stereocenters. The van der Waals surface area contributed by atoms with E-state index in [1.165, 1.54) is 0 Å². The topological polar surface area (TPSA) is 70.1 Å². The second kappa shape index (κ2) is 4.87. The SMILES string of the molecule is Cc1ncn(CC(N)C(=O)OC(C)(C)C)c1C. The van der Waals surface area contributed by atoms with Gasteiger partial charge in [0.2, 0.25) is 0 Å². The van der Waals surface area contributed by atoms with E-state index < -0.39 is 11.6 Å². The quantitative estimate of drug-likeness (QED) is 0.804. The zero-order chi connectivity index (χ0) is 13.2. The first-order valence-corrected chi connectivity index (χ1v) is 5.67. The summed E-state index contributed by atoms with van der Waals surface area (Å²) in [6.07, 6.45) is 1.69. The molecule has 0 aliphatic heterocycles. The second-order valence-corrected chi connectivity index (χ2v) is 5.21. The Hall–Kier alpha value is -1.36. The van der Waals surface area contributed by atoms with Gasteiger partial charge >= 0.3 is 5.97 Å². The Kier molecular flexibility index (Phi) is 3.93. The number of hydrogen-bond acceptors (Lipinski definition) is 4. The van der Waals surface area contributed by atoms with Crippen molar-refractivity contribution in [3.8, 4) is 0 Å². The van der Waals surface area contributed by atoms with Crippen LogP contribution in [0.25, 0.3) is 0 Å². The van der Waals surface area contributed by atoms with Gasteiger partial charge in [-0.2, -0.15) is 0 Å². The number of hydrogen-bond donors (Lipinski definition) is 1. The minimum absolute atomic E-state index is 0.386. The van der Waals surface area contributed by atoms with Gasteiger partial charge in [-0.15, -0.1) is 0 Å². The Balaban J connectivity index is 2.63. The Morgan fingerprint density at radius 1 is 1.53 bits per heavy atom. The van der Waals surface area contributed by atoms with Gasteiger partial charge in [0.15, 0.2) is 0 Å². The average Bonchev–Trinajstić information content (AvgIpc) is 2.47. The van der Waals surface area contributed by atoms with E-state index in [9.17, 15) is 4.79 Å². The maximum absolute atomic E-state index is 11.7. The minimum Gasteiger partial charge on any atom is -0.459 e. The third kappa shape index (κ3) is 3.85. The van der Waals surface area contributed by atoms with Crippen LogP contribution in [0.3, 0.4) is 0 Å². The molecule has 0 aliphatic carbocycles. The van der Waals surface area contributed by atoms with E-state index in [1.807, 2.05) is 39.2 Å². The smallest absolute Gasteiger partial charge is 0.325 e. The van der Waals surface area contributed by atoms with Crippen molar-refractivity contribution in [2.75, 3.05) is 0 Å². The number of ether oxygens (including phenoxy) is 1. The fourth-order valence-electron chi connectivity index (χ4n) is 1.39. The third-order valence-corrected chi connectivity index (χ3v) is 2.45. The van der Waals surface area contributed by atoms with E-state index in [2.05, 4.69) is 4.98 Å². The number of esters is 1. The summed E-state index contributed by atoms with van der Waals surface area (Å²) in [5.41, 5.74) is 7.27. The first-order valence-electron chi connectivity index (χ1n) is 5.67. The number of aromatic nitrogens is 2. The summed E-state index contributed by atoms with van der Waals surface area (Å²) in [6, 6.07) is -0.665. The molecule has 0 radical (unpaired) electrons. The highest BCUT2D eigenvalue weighted by Gasteiger charge is 2.22. The molecule has 96 valence electrons. The Bertz CT molecular complexity index is 404. The van der Waals surface area contributed by atoms with Gasteiger partial charge in [-0.05, 0) is 34.6 Å². The fourth-order valence-corrected chi connectivity index (χ4v) is 1.39. The molecule has 0 saturated heterocycles. The van der Waals surface area contributed by atoms with Crippen LogP contribution in [-0.4, -0.2) is 27.2 Å². The molecule has 2 N–H and O–H groups in total. The lowest BCUT2D eigenvalue weighted by molar-refractivity contribution is -0.156. The Morgan fingerprint density at radius 3 is 2.53 bits per heavy atom. The van der Waals surface area contributed by atoms with Crippen molar-refractivity contribution in [3.63, 3.8) is 0 Å². The van der Waals surface area contributed by atoms with Gasteiger partial charge in [-0.3, -0.25) is 4.79 Å². The second-order valence-electron chi connectivity index (χ2n) is 5.21. The molecule has 1 unspecified atom stereocenters. The monoisotopic (exact) mass is 239 g/mol. The average molecular weight is 239 g/mol. The lowest BCUT2D eigenvalue weighted by Gasteiger charge is -2.22. The maximum Gasteiger partial charge on any atom is 0.325 e. The van der Waals surface area contributed by atoms with Crippen LogP contribution in [0.5, 0.6) is 0 Å². The minimum atomic E-state index is -0.665. The molecule has 0 amide bonds. The summed E-state index contributed by atoms with van der Waals surface area (Å²) in [7, 11) is 0. The molecular formula is C12H21N3O2. The van der Waals surface area contributed by atoms with Crippen molar-refractivity contribution in [2.45, 2.75) is 52.8 Å². The molecule has 1 rings (SSSR count). The van der Waals surface area contributed by atoms with Gasteiger partial charge in [0.1, 0.15) is 11.6 Å². The number of carbonyl (C=O) groups is 1. The molecule has 0 saturated carbocycles. The van der Waals surface area contributed by atoms with E-state index in [4.69, 9.17) is 10.5 Å². The largest absolute Gasteiger partial charge is 0.459 e. The van der Waals surface area contributed by atoms with E-state index >= 15 is 0 Å². The third-order valence-electron chi connectivity index (χ3n) is 2.45. The van der Waals surface area contributed by atoms with Crippen molar-refractivity contribution in [1.82, 2.24) is 9.55 Å². The molecule has 1 aromatic rings. The van der Waals surface area contributed by atoms with Crippen molar-refractivity contribution < 1.29 is 9.53 Å². The van der Waals surface area contributed by atoms with Crippen LogP contribution in [0.15, 0.2) is 6.33 Å². The lowest BCUT2D eigenvalue weighted by Crippen LogP contribution is -2.40. The predicted molar refractivity (Wildman–Crippen MR) is 65.5 cm³/mol. The van der Waals surface area contributed by atoms with E-state index in [1.54, 1.807) is 6.33 Å². The summed E-state index contributed by atoms with van der Waals surface area (Å²) >= 11 is 0. The van der Waals surface area contributed by atoms with Gasteiger partial charge in [0.25, 0.3) is 0 Å². The van der Waals surface area contributed by atoms with Crippen LogP contribution in [0, 0.1) is 13.8 Å². The molecule has 0 aliphatic rings. The van der Waals surface area contributed by atoms with E-state index in [0.717, 1.165) is 11.4 Å². The normalized spacial score (nSPS) is 13.5. The zero-order valence-corrected chi connectivity index (χ0v) is 11.2. The van der Waals surface area contributed by atoms with Crippen LogP contribution in [0.2, 0.25) is 0 Å². The maximum atomic E-state index is 11.7. The summed E-state index contributed by atoms with van der Waals surface area (Å²) in [4.78, 5) is 15.9. The molecular weight excluding hydrogens is 218 g/mol. The van der Waals surface area contributed by atoms with Crippen molar-refractivity contribution in [3.05, 3.63) is 17.7 Å². The van der Waals surface area contributed by atoms with Gasteiger partial charge in [-0.1, -0.05) is 0 Å². The first kappa shape index (κ1) is 13.7. The van der Waals surface area contributed by atoms with Crippen molar-refractivity contribution >= 4 is 5.97 Å². The molecule has 1 aromatic heterocycles. The van der Waals surface area contributed by atoms with Gasteiger partial charge < -0.3 is 15.0 Å². The summed E-state index contributed by atoms with van der Waals surface area (Å²) in [6.45, 7) is 9.73. The number of imidazole rings is 1. The predicted octanol–water partition coefficient (Wildman–Crippen LogP) is 1.17. The van der Waals surface area contributed by atoms with Crippen molar-refractivity contribution in [2.24, 2.45) is 5.73 Å². The van der Waals surface area contributed by atoms with Gasteiger partial charge in [0.05, 0.1) is 12.0 Å². The van der Waals surface area contributed by atoms with Crippen LogP contribution >= 0.6 is 0 Å². The number of aryl methyl sites for hydroxylation is 1. The number of rotatable bonds is 3. The zero-order valence-electron chi connectivity index (χ0n) is 11.2. The number of carbonyl (C=O) groups excluding carboxylic acids is 1. The van der Waals surface area contributed by atoms with Crippen LogP contribution in [0.4, 0.5) is 0 Å².